The van der Waals surface area contributed by atoms with Gasteiger partial charge in [0.25, 0.3) is 10.0 Å². The highest BCUT2D eigenvalue weighted by Crippen LogP contribution is 2.39. The molecule has 1 fully saturated rings. The Labute approximate surface area is 191 Å². The molecule has 0 saturated heterocycles. The predicted octanol–water partition coefficient (Wildman–Crippen LogP) is 1.34. The lowest BCUT2D eigenvalue weighted by molar-refractivity contribution is 0.203. The largest absolute Gasteiger partial charge is 0.485 e. The van der Waals surface area contributed by atoms with Crippen molar-refractivity contribution in [3.05, 3.63) is 30.1 Å². The van der Waals surface area contributed by atoms with Crippen molar-refractivity contribution in [2.24, 2.45) is 0 Å². The number of hydrogen-bond donors (Lipinski definition) is 3. The van der Waals surface area contributed by atoms with Crippen LogP contribution in [0.1, 0.15) is 25.5 Å². The molecule has 3 N–H and O–H groups in total. The number of anilines is 2. The second-order valence-electron chi connectivity index (χ2n) is 7.92. The highest BCUT2D eigenvalue weighted by Gasteiger charge is 2.39. The van der Waals surface area contributed by atoms with Gasteiger partial charge in [-0.3, -0.25) is 14.3 Å². The number of ether oxygens (including phenoxy) is 1. The van der Waals surface area contributed by atoms with Gasteiger partial charge in [-0.1, -0.05) is 0 Å². The molecule has 180 valence electrons. The highest BCUT2D eigenvalue weighted by molar-refractivity contribution is 7.93. The second-order valence-corrected chi connectivity index (χ2v) is 11.8. The van der Waals surface area contributed by atoms with E-state index in [2.05, 4.69) is 15.1 Å². The molecule has 1 saturated carbocycles. The summed E-state index contributed by atoms with van der Waals surface area (Å²) in [5.74, 6) is 0.192. The van der Waals surface area contributed by atoms with Gasteiger partial charge in [0.05, 0.1) is 23.2 Å². The first-order chi connectivity index (χ1) is 15.5. The molecule has 2 aliphatic rings. The van der Waals surface area contributed by atoms with Crippen LogP contribution in [-0.4, -0.2) is 62.3 Å². The van der Waals surface area contributed by atoms with Gasteiger partial charge in [0, 0.05) is 25.0 Å². The van der Waals surface area contributed by atoms with Crippen molar-refractivity contribution >= 4 is 37.5 Å². The lowest BCUT2D eigenvalue weighted by Gasteiger charge is -2.35. The van der Waals surface area contributed by atoms with E-state index in [1.54, 1.807) is 6.92 Å². The number of fused-ring (bicyclic) bond motifs is 1. The van der Waals surface area contributed by atoms with Crippen LogP contribution in [-0.2, 0) is 26.6 Å². The lowest BCUT2D eigenvalue weighted by Crippen LogP contribution is -2.48. The van der Waals surface area contributed by atoms with Crippen molar-refractivity contribution in [2.45, 2.75) is 49.5 Å². The maximum atomic E-state index is 13.6. The minimum absolute atomic E-state index is 0.00566. The van der Waals surface area contributed by atoms with Crippen molar-refractivity contribution < 1.29 is 31.5 Å². The third-order valence-electron chi connectivity index (χ3n) is 5.41. The monoisotopic (exact) mass is 499 g/mol. The van der Waals surface area contributed by atoms with Gasteiger partial charge in [0.1, 0.15) is 16.7 Å². The summed E-state index contributed by atoms with van der Waals surface area (Å²) in [7, 11) is -7.60. The summed E-state index contributed by atoms with van der Waals surface area (Å²) in [6.07, 6.45) is 0.549. The summed E-state index contributed by atoms with van der Waals surface area (Å²) >= 11 is 0. The van der Waals surface area contributed by atoms with Crippen LogP contribution >= 0.6 is 0 Å². The van der Waals surface area contributed by atoms with Crippen LogP contribution in [0.3, 0.4) is 0 Å². The second kappa shape index (κ2) is 8.50. The Morgan fingerprint density at radius 2 is 2.00 bits per heavy atom. The van der Waals surface area contributed by atoms with Gasteiger partial charge in [0.15, 0.2) is 0 Å². The van der Waals surface area contributed by atoms with Crippen LogP contribution in [0, 0.1) is 6.92 Å². The highest BCUT2D eigenvalue weighted by atomic mass is 32.2. The molecule has 4 rings (SSSR count). The maximum absolute atomic E-state index is 13.6. The average molecular weight is 500 g/mol. The topological polar surface area (TPSA) is 160 Å². The van der Waals surface area contributed by atoms with E-state index < -0.39 is 37.5 Å². The van der Waals surface area contributed by atoms with Crippen LogP contribution in [0.2, 0.25) is 0 Å². The van der Waals surface area contributed by atoms with Gasteiger partial charge in [-0.15, -0.1) is 0 Å². The molecule has 0 radical (unpaired) electrons. The molecule has 1 aliphatic heterocycles. The third kappa shape index (κ3) is 4.77. The number of rotatable bonds is 8. The number of nitrogens with zero attached hydrogens (tertiary/aromatic N) is 3. The number of sulfonamides is 2. The minimum Gasteiger partial charge on any atom is -0.485 e. The van der Waals surface area contributed by atoms with Crippen molar-refractivity contribution in [2.75, 3.05) is 22.7 Å². The van der Waals surface area contributed by atoms with E-state index in [1.807, 2.05) is 6.92 Å². The molecule has 1 aliphatic carbocycles. The van der Waals surface area contributed by atoms with Crippen LogP contribution in [0.5, 0.6) is 5.75 Å². The number of carboxylic acid groups (broad SMARTS) is 1. The fourth-order valence-corrected chi connectivity index (χ4v) is 6.67. The number of aromatic nitrogens is 2. The van der Waals surface area contributed by atoms with Gasteiger partial charge < -0.3 is 9.84 Å². The first-order valence-corrected chi connectivity index (χ1v) is 13.4. The summed E-state index contributed by atoms with van der Waals surface area (Å²) in [4.78, 5) is 11.1. The standard InChI is InChI=1S/C19H25N5O7S2/c1-3-23-11-18(12(2)22-23)33(29,30)24-10-14(9-20-32(27,28)15-5-6-15)31-17-7-4-13(8-16(17)24)21-19(25)26/h4,7-8,11,14-15,20-21H,3,5-6,9-10H2,1-2H3,(H,25,26). The zero-order chi connectivity index (χ0) is 24.0. The molecule has 1 amide bonds. The summed E-state index contributed by atoms with van der Waals surface area (Å²) in [5, 5.41) is 15.0. The third-order valence-corrected chi connectivity index (χ3v) is 9.21. The minimum atomic E-state index is -4.11. The number of benzene rings is 1. The summed E-state index contributed by atoms with van der Waals surface area (Å²) in [5.41, 5.74) is 0.626. The van der Waals surface area contributed by atoms with E-state index >= 15 is 0 Å². The Balaban J connectivity index is 1.70. The van der Waals surface area contributed by atoms with Crippen molar-refractivity contribution in [3.8, 4) is 5.75 Å². The molecule has 33 heavy (non-hydrogen) atoms. The Kier molecular flexibility index (Phi) is 6.01. The molecule has 1 unspecified atom stereocenters. The zero-order valence-electron chi connectivity index (χ0n) is 18.1. The molecule has 0 spiro atoms. The Hall–Kier alpha value is -2.84. The van der Waals surface area contributed by atoms with Crippen LogP contribution in [0.15, 0.2) is 29.3 Å². The normalized spacial score (nSPS) is 18.5. The molecule has 2 heterocycles. The van der Waals surface area contributed by atoms with E-state index in [9.17, 15) is 21.6 Å². The van der Waals surface area contributed by atoms with Gasteiger partial charge in [-0.05, 0) is 44.9 Å². The molecule has 14 heteroatoms. The zero-order valence-corrected chi connectivity index (χ0v) is 19.7. The quantitative estimate of drug-likeness (QED) is 0.490. The van der Waals surface area contributed by atoms with E-state index in [0.717, 1.165) is 4.31 Å². The van der Waals surface area contributed by atoms with Gasteiger partial charge in [-0.25, -0.2) is 26.4 Å². The Morgan fingerprint density at radius 1 is 1.27 bits per heavy atom. The van der Waals surface area contributed by atoms with Crippen molar-refractivity contribution in [3.63, 3.8) is 0 Å². The molecular formula is C19H25N5O7S2. The number of carbonyl (C=O) groups is 1. The van der Waals surface area contributed by atoms with E-state index in [4.69, 9.17) is 9.84 Å². The van der Waals surface area contributed by atoms with Crippen LogP contribution in [0.4, 0.5) is 16.2 Å². The smallest absolute Gasteiger partial charge is 0.409 e. The molecule has 2 aromatic rings. The number of aryl methyl sites for hydroxylation is 2. The summed E-state index contributed by atoms with van der Waals surface area (Å²) in [6, 6.07) is 4.26. The van der Waals surface area contributed by atoms with Crippen LogP contribution < -0.4 is 19.1 Å². The van der Waals surface area contributed by atoms with Gasteiger partial charge >= 0.3 is 6.09 Å². The van der Waals surface area contributed by atoms with E-state index in [-0.39, 0.29) is 35.1 Å². The SMILES string of the molecule is CCn1cc(S(=O)(=O)N2CC(CNS(=O)(=O)C3CC3)Oc3ccc(NC(=O)O)cc32)c(C)n1. The summed E-state index contributed by atoms with van der Waals surface area (Å²) < 4.78 is 62.8. The maximum Gasteiger partial charge on any atom is 0.409 e. The van der Waals surface area contributed by atoms with Crippen molar-refractivity contribution in [1.82, 2.24) is 14.5 Å². The predicted molar refractivity (Wildman–Crippen MR) is 120 cm³/mol. The fourth-order valence-electron chi connectivity index (χ4n) is 3.59. The first-order valence-electron chi connectivity index (χ1n) is 10.4. The summed E-state index contributed by atoms with van der Waals surface area (Å²) in [6.45, 7) is 3.62. The molecule has 0 bridgehead atoms. The van der Waals surface area contributed by atoms with Gasteiger partial charge in [0.2, 0.25) is 10.0 Å². The Morgan fingerprint density at radius 3 is 2.61 bits per heavy atom. The first kappa shape index (κ1) is 23.3. The van der Waals surface area contributed by atoms with Crippen molar-refractivity contribution in [1.29, 1.82) is 0 Å². The number of hydrogen-bond acceptors (Lipinski definition) is 7. The number of amides is 1. The van der Waals surface area contributed by atoms with E-state index in [0.29, 0.717) is 25.1 Å². The molecule has 12 nitrogen and oxygen atoms in total. The van der Waals surface area contributed by atoms with Crippen LogP contribution in [0.25, 0.3) is 0 Å². The average Bonchev–Trinajstić information content (AvgIpc) is 3.54. The Bertz CT molecular complexity index is 1290. The molecule has 1 atom stereocenters. The molecular weight excluding hydrogens is 474 g/mol. The lowest BCUT2D eigenvalue weighted by atomic mass is 10.2. The molecule has 1 aromatic heterocycles. The fraction of sp³-hybridized carbons (Fsp3) is 0.474. The van der Waals surface area contributed by atoms with Gasteiger partial charge in [-0.2, -0.15) is 5.10 Å². The molecule has 1 aromatic carbocycles. The van der Waals surface area contributed by atoms with E-state index in [1.165, 1.54) is 29.1 Å². The number of nitrogens with one attached hydrogen (secondary N) is 2.